The summed E-state index contributed by atoms with van der Waals surface area (Å²) < 4.78 is 0. The van der Waals surface area contributed by atoms with Crippen molar-refractivity contribution in [3.8, 4) is 0 Å². The number of thioether (sulfide) groups is 1. The van der Waals surface area contributed by atoms with Crippen molar-refractivity contribution < 1.29 is 0 Å². The molecule has 1 N–H and O–H groups in total. The fourth-order valence-corrected chi connectivity index (χ4v) is 3.83. The Morgan fingerprint density at radius 3 is 2.41 bits per heavy atom. The molecule has 0 aliphatic carbocycles. The van der Waals surface area contributed by atoms with E-state index in [2.05, 4.69) is 49.7 Å². The molecule has 1 saturated heterocycles. The molecule has 1 rings (SSSR count). The number of nitrogens with one attached hydrogen (secondary N) is 1. The molecule has 2 unspecified atom stereocenters. The lowest BCUT2D eigenvalue weighted by Gasteiger charge is -2.34. The molecule has 2 nitrogen and oxygen atoms in total. The van der Waals surface area contributed by atoms with Crippen LogP contribution >= 0.6 is 11.8 Å². The van der Waals surface area contributed by atoms with Gasteiger partial charge in [-0.15, -0.1) is 0 Å². The third-order valence-corrected chi connectivity index (χ3v) is 4.35. The van der Waals surface area contributed by atoms with Crippen LogP contribution in [0.25, 0.3) is 0 Å². The zero-order valence-electron chi connectivity index (χ0n) is 12.0. The Hall–Kier alpha value is 0.270. The van der Waals surface area contributed by atoms with Crippen LogP contribution in [0.2, 0.25) is 0 Å². The summed E-state index contributed by atoms with van der Waals surface area (Å²) in [6.07, 6.45) is 2.66. The molecule has 1 heterocycles. The topological polar surface area (TPSA) is 15.3 Å². The third kappa shape index (κ3) is 7.32. The van der Waals surface area contributed by atoms with Crippen LogP contribution in [0.1, 0.15) is 40.5 Å². The molecule has 0 aromatic carbocycles. The van der Waals surface area contributed by atoms with Gasteiger partial charge < -0.3 is 10.2 Å². The Bertz CT molecular complexity index is 187. The molecule has 0 saturated carbocycles. The van der Waals surface area contributed by atoms with E-state index in [0.717, 1.165) is 23.0 Å². The molecule has 0 radical (unpaired) electrons. The molecule has 1 aliphatic heterocycles. The van der Waals surface area contributed by atoms with Crippen molar-refractivity contribution in [1.82, 2.24) is 10.2 Å². The van der Waals surface area contributed by atoms with Gasteiger partial charge in [0.1, 0.15) is 0 Å². The van der Waals surface area contributed by atoms with Crippen LogP contribution < -0.4 is 5.32 Å². The number of rotatable bonds is 7. The Morgan fingerprint density at radius 2 is 1.82 bits per heavy atom. The summed E-state index contributed by atoms with van der Waals surface area (Å²) in [7, 11) is 0. The second-order valence-electron chi connectivity index (χ2n) is 5.82. The first-order valence-corrected chi connectivity index (χ1v) is 8.10. The average molecular weight is 258 g/mol. The minimum Gasteiger partial charge on any atom is -0.316 e. The Kier molecular flexibility index (Phi) is 7.56. The second-order valence-corrected chi connectivity index (χ2v) is 7.70. The quantitative estimate of drug-likeness (QED) is 0.707. The van der Waals surface area contributed by atoms with Crippen molar-refractivity contribution in [1.29, 1.82) is 0 Å². The smallest absolute Gasteiger partial charge is 0.0149 e. The normalized spacial score (nSPS) is 26.6. The van der Waals surface area contributed by atoms with Gasteiger partial charge in [0.25, 0.3) is 0 Å². The van der Waals surface area contributed by atoms with Crippen LogP contribution in [-0.4, -0.2) is 48.1 Å². The van der Waals surface area contributed by atoms with E-state index in [1.54, 1.807) is 0 Å². The minimum absolute atomic E-state index is 0.774. The van der Waals surface area contributed by atoms with Gasteiger partial charge in [-0.05, 0) is 38.4 Å². The summed E-state index contributed by atoms with van der Waals surface area (Å²) >= 11 is 2.14. The summed E-state index contributed by atoms with van der Waals surface area (Å²) in [4.78, 5) is 2.65. The highest BCUT2D eigenvalue weighted by atomic mass is 32.2. The van der Waals surface area contributed by atoms with E-state index in [4.69, 9.17) is 0 Å². The molecule has 1 aliphatic rings. The number of unbranched alkanes of at least 4 members (excludes halogenated alkanes) is 1. The van der Waals surface area contributed by atoms with E-state index < -0.39 is 0 Å². The van der Waals surface area contributed by atoms with Crippen molar-refractivity contribution >= 4 is 11.8 Å². The van der Waals surface area contributed by atoms with Gasteiger partial charge in [-0.2, -0.15) is 11.8 Å². The molecule has 0 aromatic heterocycles. The van der Waals surface area contributed by atoms with Crippen LogP contribution in [-0.2, 0) is 0 Å². The summed E-state index contributed by atoms with van der Waals surface area (Å²) in [5.74, 6) is 0.774. The van der Waals surface area contributed by atoms with Gasteiger partial charge in [-0.3, -0.25) is 0 Å². The number of hydrogen-bond donors (Lipinski definition) is 1. The highest BCUT2D eigenvalue weighted by Crippen LogP contribution is 2.24. The predicted octanol–water partition coefficient (Wildman–Crippen LogP) is 2.84. The number of hydrogen-bond acceptors (Lipinski definition) is 3. The van der Waals surface area contributed by atoms with Crippen LogP contribution in [0.15, 0.2) is 0 Å². The lowest BCUT2D eigenvalue weighted by molar-refractivity contribution is 0.265. The molecule has 0 bridgehead atoms. The van der Waals surface area contributed by atoms with Crippen LogP contribution in [0, 0.1) is 5.92 Å². The van der Waals surface area contributed by atoms with Gasteiger partial charge in [0, 0.05) is 23.6 Å². The molecule has 102 valence electrons. The average Bonchev–Trinajstić information content (AvgIpc) is 2.21. The predicted molar refractivity (Wildman–Crippen MR) is 79.9 cm³/mol. The van der Waals surface area contributed by atoms with Crippen LogP contribution in [0.3, 0.4) is 0 Å². The monoisotopic (exact) mass is 258 g/mol. The lowest BCUT2D eigenvalue weighted by atomic mass is 10.2. The van der Waals surface area contributed by atoms with E-state index in [1.165, 1.54) is 39.0 Å². The molecule has 1 fully saturated rings. The highest BCUT2D eigenvalue weighted by molar-refractivity contribution is 8.00. The van der Waals surface area contributed by atoms with E-state index >= 15 is 0 Å². The maximum Gasteiger partial charge on any atom is 0.0149 e. The summed E-state index contributed by atoms with van der Waals surface area (Å²) in [5, 5.41) is 5.15. The molecule has 3 heteroatoms. The maximum absolute atomic E-state index is 3.52. The van der Waals surface area contributed by atoms with Crippen molar-refractivity contribution in [2.75, 3.05) is 32.7 Å². The standard InChI is InChI=1S/C14H30N2S/c1-12(2)9-15-7-5-6-8-16-10-13(3)17-14(4)11-16/h12-15H,5-11H2,1-4H3. The zero-order valence-corrected chi connectivity index (χ0v) is 12.9. The first kappa shape index (κ1) is 15.3. The van der Waals surface area contributed by atoms with E-state index in [-0.39, 0.29) is 0 Å². The summed E-state index contributed by atoms with van der Waals surface area (Å²) in [6.45, 7) is 15.5. The Balaban J connectivity index is 1.98. The van der Waals surface area contributed by atoms with Gasteiger partial charge >= 0.3 is 0 Å². The van der Waals surface area contributed by atoms with E-state index in [0.29, 0.717) is 0 Å². The van der Waals surface area contributed by atoms with E-state index in [1.807, 2.05) is 0 Å². The SMILES string of the molecule is CC(C)CNCCCCN1CC(C)SC(C)C1. The zero-order chi connectivity index (χ0) is 12.7. The van der Waals surface area contributed by atoms with Gasteiger partial charge in [0.2, 0.25) is 0 Å². The maximum atomic E-state index is 3.52. The van der Waals surface area contributed by atoms with Gasteiger partial charge in [0.05, 0.1) is 0 Å². The van der Waals surface area contributed by atoms with E-state index in [9.17, 15) is 0 Å². The van der Waals surface area contributed by atoms with Crippen molar-refractivity contribution in [3.05, 3.63) is 0 Å². The fraction of sp³-hybridized carbons (Fsp3) is 1.00. The van der Waals surface area contributed by atoms with Crippen molar-refractivity contribution in [3.63, 3.8) is 0 Å². The van der Waals surface area contributed by atoms with Crippen molar-refractivity contribution in [2.45, 2.75) is 51.0 Å². The van der Waals surface area contributed by atoms with Crippen LogP contribution in [0.5, 0.6) is 0 Å². The van der Waals surface area contributed by atoms with Gasteiger partial charge in [-0.1, -0.05) is 27.7 Å². The minimum atomic E-state index is 0.774. The molecule has 0 spiro atoms. The van der Waals surface area contributed by atoms with Gasteiger partial charge in [0.15, 0.2) is 0 Å². The number of nitrogens with zero attached hydrogens (tertiary/aromatic N) is 1. The van der Waals surface area contributed by atoms with Crippen LogP contribution in [0.4, 0.5) is 0 Å². The Morgan fingerprint density at radius 1 is 1.18 bits per heavy atom. The lowest BCUT2D eigenvalue weighted by Crippen LogP contribution is -2.40. The summed E-state index contributed by atoms with van der Waals surface area (Å²) in [5.41, 5.74) is 0. The Labute approximate surface area is 112 Å². The molecule has 2 atom stereocenters. The largest absolute Gasteiger partial charge is 0.316 e. The summed E-state index contributed by atoms with van der Waals surface area (Å²) in [6, 6.07) is 0. The van der Waals surface area contributed by atoms with Crippen molar-refractivity contribution in [2.24, 2.45) is 5.92 Å². The molecule has 0 amide bonds. The third-order valence-electron chi connectivity index (χ3n) is 3.13. The molecular weight excluding hydrogens is 228 g/mol. The molecule has 17 heavy (non-hydrogen) atoms. The molecule has 0 aromatic rings. The van der Waals surface area contributed by atoms with Gasteiger partial charge in [-0.25, -0.2) is 0 Å². The highest BCUT2D eigenvalue weighted by Gasteiger charge is 2.21. The first-order chi connectivity index (χ1) is 8.08. The second kappa shape index (κ2) is 8.39. The fourth-order valence-electron chi connectivity index (χ4n) is 2.44. The first-order valence-electron chi connectivity index (χ1n) is 7.16. The molecular formula is C14H30N2S.